The second kappa shape index (κ2) is 13.4. The van der Waals surface area contributed by atoms with Gasteiger partial charge in [0.05, 0.1) is 18.2 Å². The summed E-state index contributed by atoms with van der Waals surface area (Å²) in [7, 11) is 0. The van der Waals surface area contributed by atoms with Gasteiger partial charge in [0.25, 0.3) is 5.78 Å². The van der Waals surface area contributed by atoms with E-state index in [9.17, 15) is 19.1 Å². The fraction of sp³-hybridized carbons (Fsp3) is 0.235. The van der Waals surface area contributed by atoms with Crippen LogP contribution >= 0.6 is 23.1 Å². The normalized spacial score (nSPS) is 18.4. The first kappa shape index (κ1) is 31.3. The highest BCUT2D eigenvalue weighted by molar-refractivity contribution is 8.00. The number of benzene rings is 3. The molecule has 4 aromatic rings. The number of hydrogen-bond acceptors (Lipinski definition) is 10. The molecule has 0 bridgehead atoms. The Balaban J connectivity index is 1.43. The lowest BCUT2D eigenvalue weighted by atomic mass is 9.94. The molecule has 9 nitrogen and oxygen atoms in total. The highest BCUT2D eigenvalue weighted by Gasteiger charge is 2.48. The Morgan fingerprint density at radius 1 is 1.15 bits per heavy atom. The van der Waals surface area contributed by atoms with Crippen LogP contribution < -0.4 is 19.1 Å². The molecule has 2 aliphatic rings. The van der Waals surface area contributed by atoms with Gasteiger partial charge >= 0.3 is 5.91 Å². The van der Waals surface area contributed by atoms with Gasteiger partial charge in [-0.1, -0.05) is 60.0 Å². The molecule has 2 atom stereocenters. The van der Waals surface area contributed by atoms with Crippen molar-refractivity contribution in [3.63, 3.8) is 0 Å². The summed E-state index contributed by atoms with van der Waals surface area (Å²) in [6.45, 7) is 8.06. The molecule has 2 aliphatic heterocycles. The first-order chi connectivity index (χ1) is 22.3. The number of fused-ring (bicyclic) bond motifs is 1. The number of nitrogens with zero attached hydrogens (tertiary/aromatic N) is 3. The molecule has 1 fully saturated rings. The molecule has 0 spiro atoms. The van der Waals surface area contributed by atoms with E-state index in [1.54, 1.807) is 60.7 Å². The van der Waals surface area contributed by atoms with E-state index >= 15 is 0 Å². The molecule has 1 amide bonds. The Morgan fingerprint density at radius 3 is 2.76 bits per heavy atom. The maximum atomic E-state index is 14.2. The Labute approximate surface area is 273 Å². The standard InChI is InChI=1S/C34H30FN3O6S2/c1-4-14-43-26-13-10-20(17-27(26)42-5-2)29-28(30(39)21-11-12-25-23(16-21)15-19(3)44-25)31(40)32(41)38(29)33-36-37-34(46-33)45-18-22-8-6-7-9-24(22)35/h4,6-13,16-17,19,29,39H,1,5,14-15,18H2,2-3H3/b30-28-. The lowest BCUT2D eigenvalue weighted by Gasteiger charge is -2.23. The Bertz CT molecular complexity index is 1860. The third-order valence-electron chi connectivity index (χ3n) is 7.46. The summed E-state index contributed by atoms with van der Waals surface area (Å²) < 4.78 is 32.1. The van der Waals surface area contributed by atoms with Gasteiger partial charge in [0.15, 0.2) is 15.8 Å². The zero-order valence-electron chi connectivity index (χ0n) is 25.1. The van der Waals surface area contributed by atoms with Gasteiger partial charge in [-0.05, 0) is 66.9 Å². The summed E-state index contributed by atoms with van der Waals surface area (Å²) in [5.41, 5.74) is 2.17. The van der Waals surface area contributed by atoms with Crippen LogP contribution in [0.5, 0.6) is 17.2 Å². The van der Waals surface area contributed by atoms with Crippen molar-refractivity contribution in [2.45, 2.75) is 42.5 Å². The number of carbonyl (C=O) groups is 2. The van der Waals surface area contributed by atoms with Crippen molar-refractivity contribution >= 4 is 45.7 Å². The third-order valence-corrected chi connectivity index (χ3v) is 9.57. The number of ether oxygens (including phenoxy) is 3. The first-order valence-corrected chi connectivity index (χ1v) is 16.4. The van der Waals surface area contributed by atoms with Crippen molar-refractivity contribution in [3.05, 3.63) is 107 Å². The van der Waals surface area contributed by atoms with Gasteiger partial charge < -0.3 is 19.3 Å². The number of hydrogen-bond donors (Lipinski definition) is 1. The Kier molecular flexibility index (Phi) is 9.09. The predicted octanol–water partition coefficient (Wildman–Crippen LogP) is 6.88. The average molecular weight is 660 g/mol. The minimum absolute atomic E-state index is 0.0142. The smallest absolute Gasteiger partial charge is 0.301 e. The third kappa shape index (κ3) is 6.10. The molecule has 2 unspecified atom stereocenters. The van der Waals surface area contributed by atoms with Crippen LogP contribution in [0.15, 0.2) is 83.2 Å². The van der Waals surface area contributed by atoms with Crippen molar-refractivity contribution < 1.29 is 33.3 Å². The fourth-order valence-electron chi connectivity index (χ4n) is 5.41. The number of amides is 1. The van der Waals surface area contributed by atoms with E-state index < -0.39 is 17.7 Å². The van der Waals surface area contributed by atoms with Crippen molar-refractivity contribution in [2.75, 3.05) is 18.1 Å². The average Bonchev–Trinajstić information content (AvgIpc) is 3.74. The maximum absolute atomic E-state index is 14.2. The summed E-state index contributed by atoms with van der Waals surface area (Å²) in [4.78, 5) is 28.7. The first-order valence-electron chi connectivity index (χ1n) is 14.6. The van der Waals surface area contributed by atoms with Crippen LogP contribution in [0.25, 0.3) is 5.76 Å². The second-order valence-corrected chi connectivity index (χ2v) is 12.8. The Morgan fingerprint density at radius 2 is 1.98 bits per heavy atom. The molecule has 1 N–H and O–H groups in total. The largest absolute Gasteiger partial charge is 0.507 e. The van der Waals surface area contributed by atoms with Crippen molar-refractivity contribution in [2.24, 2.45) is 0 Å². The fourth-order valence-corrected chi connectivity index (χ4v) is 7.27. The topological polar surface area (TPSA) is 111 Å². The number of aliphatic hydroxyl groups is 1. The van der Waals surface area contributed by atoms with Crippen LogP contribution in [0.1, 0.15) is 42.1 Å². The van der Waals surface area contributed by atoms with Crippen molar-refractivity contribution in [3.8, 4) is 17.2 Å². The maximum Gasteiger partial charge on any atom is 0.301 e. The number of anilines is 1. The molecular weight excluding hydrogens is 630 g/mol. The number of aliphatic hydroxyl groups excluding tert-OH is 1. The number of thioether (sulfide) groups is 1. The van der Waals surface area contributed by atoms with Gasteiger partial charge in [-0.15, -0.1) is 10.2 Å². The molecule has 1 saturated heterocycles. The number of aromatic nitrogens is 2. The number of Topliss-reactive ketones (excluding diaryl/α,β-unsaturated/α-hetero) is 1. The van der Waals surface area contributed by atoms with Crippen LogP contribution in [0, 0.1) is 5.82 Å². The molecule has 1 aromatic heterocycles. The van der Waals surface area contributed by atoms with E-state index in [0.29, 0.717) is 57.1 Å². The highest BCUT2D eigenvalue weighted by atomic mass is 32.2. The van der Waals surface area contributed by atoms with E-state index in [2.05, 4.69) is 16.8 Å². The van der Waals surface area contributed by atoms with Crippen LogP contribution in [-0.2, 0) is 21.8 Å². The lowest BCUT2D eigenvalue weighted by Crippen LogP contribution is -2.29. The van der Waals surface area contributed by atoms with Crippen LogP contribution in [0.4, 0.5) is 9.52 Å². The van der Waals surface area contributed by atoms with E-state index in [0.717, 1.165) is 16.9 Å². The molecule has 46 heavy (non-hydrogen) atoms. The van der Waals surface area contributed by atoms with Crippen LogP contribution in [-0.4, -0.2) is 46.3 Å². The zero-order valence-corrected chi connectivity index (χ0v) is 26.7. The van der Waals surface area contributed by atoms with Crippen LogP contribution in [0.2, 0.25) is 0 Å². The summed E-state index contributed by atoms with van der Waals surface area (Å²) in [5, 5.41) is 20.3. The molecule has 3 aromatic carbocycles. The Hall–Kier alpha value is -4.68. The number of ketones is 1. The molecule has 0 aliphatic carbocycles. The predicted molar refractivity (Wildman–Crippen MR) is 174 cm³/mol. The van der Waals surface area contributed by atoms with Gasteiger partial charge in [0, 0.05) is 17.7 Å². The van der Waals surface area contributed by atoms with Crippen LogP contribution in [0.3, 0.4) is 0 Å². The highest BCUT2D eigenvalue weighted by Crippen LogP contribution is 2.46. The van der Waals surface area contributed by atoms with E-state index in [4.69, 9.17) is 14.2 Å². The van der Waals surface area contributed by atoms with Gasteiger partial charge in [-0.3, -0.25) is 14.5 Å². The number of rotatable bonds is 11. The molecule has 0 saturated carbocycles. The number of carbonyl (C=O) groups excluding carboxylic acids is 2. The van der Waals surface area contributed by atoms with Gasteiger partial charge in [-0.2, -0.15) is 0 Å². The molecule has 12 heteroatoms. The monoisotopic (exact) mass is 659 g/mol. The van der Waals surface area contributed by atoms with E-state index in [1.807, 2.05) is 13.8 Å². The molecule has 0 radical (unpaired) electrons. The minimum Gasteiger partial charge on any atom is -0.507 e. The van der Waals surface area contributed by atoms with Gasteiger partial charge in [0.2, 0.25) is 5.13 Å². The van der Waals surface area contributed by atoms with E-state index in [1.165, 1.54) is 22.7 Å². The molecule has 6 rings (SSSR count). The van der Waals surface area contributed by atoms with Gasteiger partial charge in [-0.25, -0.2) is 4.39 Å². The quantitative estimate of drug-likeness (QED) is 0.0460. The lowest BCUT2D eigenvalue weighted by molar-refractivity contribution is -0.132. The zero-order chi connectivity index (χ0) is 32.4. The molecular formula is C34H30FN3O6S2. The summed E-state index contributed by atoms with van der Waals surface area (Å²) in [6.07, 6.45) is 2.24. The summed E-state index contributed by atoms with van der Waals surface area (Å²) in [6, 6.07) is 15.7. The number of halogens is 1. The molecule has 3 heterocycles. The van der Waals surface area contributed by atoms with Gasteiger partial charge in [0.1, 0.15) is 30.0 Å². The second-order valence-electron chi connectivity index (χ2n) is 10.6. The molecule has 236 valence electrons. The summed E-state index contributed by atoms with van der Waals surface area (Å²) >= 11 is 2.36. The van der Waals surface area contributed by atoms with E-state index in [-0.39, 0.29) is 35.0 Å². The van der Waals surface area contributed by atoms with Crippen molar-refractivity contribution in [1.82, 2.24) is 10.2 Å². The van der Waals surface area contributed by atoms with Crippen molar-refractivity contribution in [1.29, 1.82) is 0 Å². The minimum atomic E-state index is -1.06. The summed E-state index contributed by atoms with van der Waals surface area (Å²) in [5.74, 6) is -0.516. The SMILES string of the molecule is C=CCOc1ccc(C2/C(=C(/O)c3ccc4c(c3)CC(C)O4)C(=O)C(=O)N2c2nnc(SCc3ccccc3F)s2)cc1OCC.